The summed E-state index contributed by atoms with van der Waals surface area (Å²) < 4.78 is 24.0. The number of hydrogen-bond donors (Lipinski definition) is 1. The van der Waals surface area contributed by atoms with Crippen molar-refractivity contribution in [2.45, 2.75) is 25.1 Å². The summed E-state index contributed by atoms with van der Waals surface area (Å²) in [5.41, 5.74) is 0. The molecule has 0 spiro atoms. The molecule has 2 rings (SSSR count). The summed E-state index contributed by atoms with van der Waals surface area (Å²) in [4.78, 5) is 10.9. The van der Waals surface area contributed by atoms with Gasteiger partial charge in [0.1, 0.15) is 17.4 Å². The van der Waals surface area contributed by atoms with Gasteiger partial charge in [-0.3, -0.25) is 4.79 Å². The Morgan fingerprint density at radius 2 is 2.24 bits per heavy atom. The van der Waals surface area contributed by atoms with Gasteiger partial charge in [0.25, 0.3) is 0 Å². The van der Waals surface area contributed by atoms with Crippen LogP contribution in [0.15, 0.2) is 0 Å². The molecule has 1 aliphatic rings. The minimum Gasteiger partial charge on any atom is -0.481 e. The number of carbonyl (C=O) groups is 1. The first-order chi connectivity index (χ1) is 7.87. The Bertz CT molecular complexity index is 549. The van der Waals surface area contributed by atoms with Crippen molar-refractivity contribution in [3.05, 3.63) is 11.6 Å². The highest BCUT2D eigenvalue weighted by molar-refractivity contribution is 7.89. The number of sulfone groups is 1. The van der Waals surface area contributed by atoms with E-state index in [1.807, 2.05) is 0 Å². The van der Waals surface area contributed by atoms with Crippen LogP contribution in [0.1, 0.15) is 18.1 Å². The van der Waals surface area contributed by atoms with Crippen molar-refractivity contribution < 1.29 is 18.3 Å². The molecule has 0 radical (unpaired) electrons. The quantitative estimate of drug-likeness (QED) is 0.782. The minimum absolute atomic E-state index is 0.202. The normalized spacial score (nSPS) is 19.9. The predicted octanol–water partition coefficient (Wildman–Crippen LogP) is -0.530. The molecule has 0 amide bonds. The number of aliphatic carboxylic acids is 1. The molecule has 0 aliphatic carbocycles. The Kier molecular flexibility index (Phi) is 2.90. The molecule has 0 aromatic carbocycles. The molecular formula is C9H13N3O4S. The summed E-state index contributed by atoms with van der Waals surface area (Å²) in [5.74, 6) is -0.562. The van der Waals surface area contributed by atoms with Gasteiger partial charge in [0.2, 0.25) is 0 Å². The SMILES string of the molecule is CS(=O)(=O)Cc1nnc2n1CC(C(=O)O)CC2. The topological polar surface area (TPSA) is 102 Å². The van der Waals surface area contributed by atoms with E-state index in [0.717, 1.165) is 6.26 Å². The van der Waals surface area contributed by atoms with Gasteiger partial charge < -0.3 is 9.67 Å². The Balaban J connectivity index is 2.28. The van der Waals surface area contributed by atoms with E-state index in [1.54, 1.807) is 4.57 Å². The van der Waals surface area contributed by atoms with Crippen molar-refractivity contribution in [2.24, 2.45) is 5.92 Å². The maximum absolute atomic E-state index is 11.2. The highest BCUT2D eigenvalue weighted by Crippen LogP contribution is 2.20. The monoisotopic (exact) mass is 259 g/mol. The van der Waals surface area contributed by atoms with Gasteiger partial charge in [-0.25, -0.2) is 8.42 Å². The molecule has 1 unspecified atom stereocenters. The van der Waals surface area contributed by atoms with Crippen molar-refractivity contribution in [3.63, 3.8) is 0 Å². The number of aryl methyl sites for hydroxylation is 1. The van der Waals surface area contributed by atoms with E-state index in [9.17, 15) is 13.2 Å². The van der Waals surface area contributed by atoms with Gasteiger partial charge in [0, 0.05) is 19.2 Å². The maximum atomic E-state index is 11.2. The zero-order valence-corrected chi connectivity index (χ0v) is 10.1. The molecule has 1 aliphatic heterocycles. The lowest BCUT2D eigenvalue weighted by atomic mass is 10.00. The fourth-order valence-corrected chi connectivity index (χ4v) is 2.61. The average Bonchev–Trinajstić information content (AvgIpc) is 2.58. The van der Waals surface area contributed by atoms with Crippen LogP contribution in [0.4, 0.5) is 0 Å². The smallest absolute Gasteiger partial charge is 0.308 e. The van der Waals surface area contributed by atoms with E-state index in [1.165, 1.54) is 0 Å². The van der Waals surface area contributed by atoms with Crippen LogP contribution in [-0.4, -0.2) is 40.5 Å². The lowest BCUT2D eigenvalue weighted by Gasteiger charge is -2.20. The molecule has 17 heavy (non-hydrogen) atoms. The first-order valence-electron chi connectivity index (χ1n) is 5.18. The number of carboxylic acid groups (broad SMARTS) is 1. The molecule has 0 saturated heterocycles. The molecule has 1 aromatic rings. The highest BCUT2D eigenvalue weighted by atomic mass is 32.2. The summed E-state index contributed by atoms with van der Waals surface area (Å²) in [7, 11) is -3.19. The van der Waals surface area contributed by atoms with E-state index in [4.69, 9.17) is 5.11 Å². The number of fused-ring (bicyclic) bond motifs is 1. The molecule has 94 valence electrons. The summed E-state index contributed by atoms with van der Waals surface area (Å²) in [6.07, 6.45) is 2.16. The number of rotatable bonds is 3. The second-order valence-corrected chi connectivity index (χ2v) is 6.43. The third kappa shape index (κ3) is 2.63. The van der Waals surface area contributed by atoms with E-state index in [0.29, 0.717) is 24.5 Å². The van der Waals surface area contributed by atoms with E-state index in [2.05, 4.69) is 10.2 Å². The standard InChI is InChI=1S/C9H13N3O4S/c1-17(15,16)5-8-11-10-7-3-2-6(9(13)14)4-12(7)8/h6H,2-5H2,1H3,(H,13,14). The fraction of sp³-hybridized carbons (Fsp3) is 0.667. The first-order valence-corrected chi connectivity index (χ1v) is 7.24. The summed E-state index contributed by atoms with van der Waals surface area (Å²) in [6, 6.07) is 0. The highest BCUT2D eigenvalue weighted by Gasteiger charge is 2.28. The molecule has 0 fully saturated rings. The van der Waals surface area contributed by atoms with Crippen LogP contribution in [0.5, 0.6) is 0 Å². The molecule has 8 heteroatoms. The summed E-state index contributed by atoms with van der Waals surface area (Å²) in [6.45, 7) is 0.252. The van der Waals surface area contributed by atoms with Gasteiger partial charge in [0.15, 0.2) is 9.84 Å². The second-order valence-electron chi connectivity index (χ2n) is 4.29. The number of hydrogen-bond acceptors (Lipinski definition) is 5. The Morgan fingerprint density at radius 1 is 1.53 bits per heavy atom. The lowest BCUT2D eigenvalue weighted by molar-refractivity contribution is -0.142. The van der Waals surface area contributed by atoms with E-state index >= 15 is 0 Å². The van der Waals surface area contributed by atoms with Crippen LogP contribution in [0, 0.1) is 5.92 Å². The van der Waals surface area contributed by atoms with Gasteiger partial charge in [-0.1, -0.05) is 0 Å². The summed E-state index contributed by atoms with van der Waals surface area (Å²) in [5, 5.41) is 16.7. The van der Waals surface area contributed by atoms with Crippen LogP contribution in [0.25, 0.3) is 0 Å². The van der Waals surface area contributed by atoms with Gasteiger partial charge in [-0.15, -0.1) is 10.2 Å². The van der Waals surface area contributed by atoms with Gasteiger partial charge in [-0.2, -0.15) is 0 Å². The largest absolute Gasteiger partial charge is 0.481 e. The third-order valence-electron chi connectivity index (χ3n) is 2.76. The van der Waals surface area contributed by atoms with Crippen molar-refractivity contribution in [2.75, 3.05) is 6.26 Å². The van der Waals surface area contributed by atoms with Crippen molar-refractivity contribution in [1.29, 1.82) is 0 Å². The zero-order valence-electron chi connectivity index (χ0n) is 9.33. The fourth-order valence-electron chi connectivity index (χ4n) is 1.93. The van der Waals surface area contributed by atoms with Crippen LogP contribution in [-0.2, 0) is 33.4 Å². The van der Waals surface area contributed by atoms with Crippen LogP contribution < -0.4 is 0 Å². The zero-order chi connectivity index (χ0) is 12.6. The van der Waals surface area contributed by atoms with Gasteiger partial charge in [0.05, 0.1) is 5.92 Å². The average molecular weight is 259 g/mol. The number of nitrogens with zero attached hydrogens (tertiary/aromatic N) is 3. The van der Waals surface area contributed by atoms with Gasteiger partial charge >= 0.3 is 5.97 Å². The molecule has 0 saturated carbocycles. The second kappa shape index (κ2) is 4.10. The van der Waals surface area contributed by atoms with Crippen LogP contribution in [0.2, 0.25) is 0 Å². The molecule has 2 heterocycles. The molecule has 0 bridgehead atoms. The third-order valence-corrected chi connectivity index (χ3v) is 3.55. The summed E-state index contributed by atoms with van der Waals surface area (Å²) >= 11 is 0. The first kappa shape index (κ1) is 12.0. The predicted molar refractivity (Wildman–Crippen MR) is 58.0 cm³/mol. The Labute approximate surface area is 98.4 Å². The maximum Gasteiger partial charge on any atom is 0.308 e. The van der Waals surface area contributed by atoms with E-state index < -0.39 is 21.7 Å². The van der Waals surface area contributed by atoms with Crippen LogP contribution in [0.3, 0.4) is 0 Å². The molecular weight excluding hydrogens is 246 g/mol. The Hall–Kier alpha value is -1.44. The van der Waals surface area contributed by atoms with Crippen molar-refractivity contribution in [3.8, 4) is 0 Å². The molecule has 1 N–H and O–H groups in total. The molecule has 7 nitrogen and oxygen atoms in total. The van der Waals surface area contributed by atoms with Gasteiger partial charge in [-0.05, 0) is 6.42 Å². The number of carboxylic acids is 1. The van der Waals surface area contributed by atoms with E-state index in [-0.39, 0.29) is 12.3 Å². The number of aromatic nitrogens is 3. The lowest BCUT2D eigenvalue weighted by Crippen LogP contribution is -2.28. The van der Waals surface area contributed by atoms with Crippen molar-refractivity contribution in [1.82, 2.24) is 14.8 Å². The molecule has 1 atom stereocenters. The minimum atomic E-state index is -3.19. The molecule has 1 aromatic heterocycles. The van der Waals surface area contributed by atoms with Crippen molar-refractivity contribution >= 4 is 15.8 Å². The Morgan fingerprint density at radius 3 is 2.82 bits per heavy atom. The van der Waals surface area contributed by atoms with Crippen LogP contribution >= 0.6 is 0 Å².